The number of hydrogen-bond acceptors (Lipinski definition) is 26. The molecular weight excluding hydrogens is 1130 g/mol. The van der Waals surface area contributed by atoms with Gasteiger partial charge in [0.25, 0.3) is 0 Å². The van der Waals surface area contributed by atoms with Gasteiger partial charge in [-0.05, 0) is 97.1 Å². The van der Waals surface area contributed by atoms with Crippen LogP contribution in [0, 0.1) is 0 Å². The largest absolute Gasteiger partial charge is 1.00 e. The van der Waals surface area contributed by atoms with Crippen molar-refractivity contribution < 1.29 is 190 Å². The number of methoxy groups -OCH3 is 2. The number of para-hydroxylation sites is 1. The van der Waals surface area contributed by atoms with Crippen LogP contribution in [-0.2, 0) is 40.5 Å². The molecule has 1 aromatic heterocycles. The van der Waals surface area contributed by atoms with E-state index >= 15 is 0 Å². The number of azo groups is 2. The zero-order chi connectivity index (χ0) is 52.6. The molecule has 1 heterocycles. The van der Waals surface area contributed by atoms with Gasteiger partial charge in [0.2, 0.25) is 17.8 Å². The molecule has 0 bridgehead atoms. The Morgan fingerprint density at radius 2 is 0.740 bits per heavy atom. The molecule has 376 valence electrons. The molecule has 7 aromatic carbocycles. The van der Waals surface area contributed by atoms with Crippen molar-refractivity contribution in [1.82, 2.24) is 15.0 Å². The van der Waals surface area contributed by atoms with Crippen LogP contribution in [0.1, 0.15) is 0 Å². The second kappa shape index (κ2) is 26.2. The first kappa shape index (κ1) is 65.0. The number of phenolic OH excluding ortho intramolecular Hbond substituents is 2. The molecule has 0 aliphatic carbocycles. The average Bonchev–Trinajstić information content (AvgIpc) is 3.32. The van der Waals surface area contributed by atoms with Gasteiger partial charge in [0.05, 0.1) is 33.8 Å². The average molecular weight is 1160 g/mol. The van der Waals surface area contributed by atoms with Crippen LogP contribution in [0.4, 0.5) is 57.7 Å². The molecular formula is C43H30N10Na4O16S4. The molecule has 0 radical (unpaired) electrons. The van der Waals surface area contributed by atoms with Gasteiger partial charge in [-0.25, -0.2) is 33.7 Å². The first-order valence-electron chi connectivity index (χ1n) is 20.1. The van der Waals surface area contributed by atoms with Crippen LogP contribution < -0.4 is 144 Å². The van der Waals surface area contributed by atoms with Gasteiger partial charge >= 0.3 is 118 Å². The molecule has 34 heteroatoms. The maximum absolute atomic E-state index is 12.7. The van der Waals surface area contributed by atoms with Crippen LogP contribution >= 0.6 is 0 Å². The summed E-state index contributed by atoms with van der Waals surface area (Å²) in [6.45, 7) is 0. The standard InChI is InChI=1S/C43H34N10O16S4.4Na/c1-68-25-10-14-31(37(18-25)72(62,63)64)50-52-33-20-35(70(56,57)58)29-16-23(8-12-27(29)39(33)54)45-42-47-41(44-22-6-4-3-5-7-22)48-43(49-42)46-24-9-13-28-30(17-24)36(71(59,60)61)21-34(40(28)55)53-51-32-15-11-26(69-2)19-38(32)73(65,66)67;;;;/h3-21,54-55H,1-2H3,(H,56,57,58)(H,59,60,61)(H,62,63,64)(H,65,66,67)(H3,44,45,46,47,48,49);;;;/q;4*+1/p-4. The van der Waals surface area contributed by atoms with Gasteiger partial charge in [-0.15, -0.1) is 20.5 Å². The summed E-state index contributed by atoms with van der Waals surface area (Å²) in [6, 6.07) is 23.7. The summed E-state index contributed by atoms with van der Waals surface area (Å²) in [5, 5.41) is 45.0. The number of ether oxygens (including phenoxy) is 2. The maximum Gasteiger partial charge on any atom is 1.00 e. The summed E-state index contributed by atoms with van der Waals surface area (Å²) < 4.78 is 158. The second-order valence-corrected chi connectivity index (χ2v) is 20.3. The molecule has 0 atom stereocenters. The number of anilines is 6. The number of aromatic nitrogens is 3. The van der Waals surface area contributed by atoms with Crippen LogP contribution in [0.15, 0.2) is 155 Å². The zero-order valence-corrected chi connectivity index (χ0v) is 52.1. The molecule has 26 nitrogen and oxygen atoms in total. The molecule has 0 saturated carbocycles. The second-order valence-electron chi connectivity index (χ2n) is 14.9. The van der Waals surface area contributed by atoms with Crippen molar-refractivity contribution in [2.75, 3.05) is 30.2 Å². The maximum atomic E-state index is 12.7. The topological polar surface area (TPSA) is 412 Å². The van der Waals surface area contributed by atoms with E-state index in [9.17, 15) is 62.1 Å². The number of hydrogen-bond donors (Lipinski definition) is 5. The zero-order valence-electron chi connectivity index (χ0n) is 40.8. The third-order valence-electron chi connectivity index (χ3n) is 10.2. The molecule has 0 saturated heterocycles. The molecule has 0 unspecified atom stereocenters. The molecule has 0 spiro atoms. The van der Waals surface area contributed by atoms with Crippen molar-refractivity contribution in [2.24, 2.45) is 20.5 Å². The minimum atomic E-state index is -5.35. The number of fused-ring (bicyclic) bond motifs is 2. The third kappa shape index (κ3) is 15.5. The van der Waals surface area contributed by atoms with Crippen molar-refractivity contribution in [1.29, 1.82) is 0 Å². The number of nitrogens with one attached hydrogen (secondary N) is 3. The third-order valence-corrected chi connectivity index (χ3v) is 13.7. The quantitative estimate of drug-likeness (QED) is 0.0345. The molecule has 0 aliphatic rings. The molecule has 5 N–H and O–H groups in total. The molecule has 8 rings (SSSR count). The fourth-order valence-corrected chi connectivity index (χ4v) is 9.56. The van der Waals surface area contributed by atoms with E-state index in [-0.39, 0.29) is 180 Å². The molecule has 0 amide bonds. The first-order chi connectivity index (χ1) is 34.4. The van der Waals surface area contributed by atoms with Crippen molar-refractivity contribution in [3.05, 3.63) is 115 Å². The number of aromatic hydroxyl groups is 2. The van der Waals surface area contributed by atoms with Crippen molar-refractivity contribution in [2.45, 2.75) is 19.6 Å². The Labute approximate surface area is 526 Å². The van der Waals surface area contributed by atoms with E-state index in [0.717, 1.165) is 36.4 Å². The minimum Gasteiger partial charge on any atom is -0.744 e. The van der Waals surface area contributed by atoms with Gasteiger partial charge in [-0.1, -0.05) is 18.2 Å². The normalized spacial score (nSPS) is 11.8. The van der Waals surface area contributed by atoms with E-state index < -0.39 is 94.3 Å². The fraction of sp³-hybridized carbons (Fsp3) is 0.0465. The van der Waals surface area contributed by atoms with Gasteiger partial charge in [0.15, 0.2) is 11.5 Å². The van der Waals surface area contributed by atoms with E-state index in [1.807, 2.05) is 0 Å². The Bertz CT molecular complexity index is 3860. The molecule has 0 fully saturated rings. The van der Waals surface area contributed by atoms with Gasteiger partial charge < -0.3 is 53.8 Å². The van der Waals surface area contributed by atoms with E-state index in [2.05, 4.69) is 51.4 Å². The number of phenols is 2. The summed E-state index contributed by atoms with van der Waals surface area (Å²) in [5.74, 6) is -1.98. The van der Waals surface area contributed by atoms with Crippen LogP contribution in [0.5, 0.6) is 23.0 Å². The smallest absolute Gasteiger partial charge is 0.744 e. The van der Waals surface area contributed by atoms with Crippen LogP contribution in [0.25, 0.3) is 21.5 Å². The van der Waals surface area contributed by atoms with Crippen molar-refractivity contribution in [3.8, 4) is 23.0 Å². The Kier molecular flexibility index (Phi) is 22.1. The minimum absolute atomic E-state index is 0. The number of benzene rings is 7. The van der Waals surface area contributed by atoms with E-state index in [0.29, 0.717) is 17.8 Å². The predicted molar refractivity (Wildman–Crippen MR) is 254 cm³/mol. The van der Waals surface area contributed by atoms with E-state index in [1.165, 1.54) is 50.6 Å². The van der Waals surface area contributed by atoms with Crippen LogP contribution in [-0.4, -0.2) is 91.3 Å². The monoisotopic (exact) mass is 1160 g/mol. The summed E-state index contributed by atoms with van der Waals surface area (Å²) in [5.41, 5.74) is -1.59. The Balaban J connectivity index is 0.00000320. The first-order valence-corrected chi connectivity index (χ1v) is 25.8. The summed E-state index contributed by atoms with van der Waals surface area (Å²) >= 11 is 0. The summed E-state index contributed by atoms with van der Waals surface area (Å²) in [6.07, 6.45) is 0. The summed E-state index contributed by atoms with van der Waals surface area (Å²) in [7, 11) is -18.5. The van der Waals surface area contributed by atoms with E-state index in [1.54, 1.807) is 30.3 Å². The van der Waals surface area contributed by atoms with Crippen LogP contribution in [0.2, 0.25) is 0 Å². The fourth-order valence-electron chi connectivity index (χ4n) is 6.92. The summed E-state index contributed by atoms with van der Waals surface area (Å²) in [4.78, 5) is 9.64. The van der Waals surface area contributed by atoms with Gasteiger partial charge in [-0.3, -0.25) is 0 Å². The Hall–Kier alpha value is -4.49. The number of rotatable bonds is 16. The van der Waals surface area contributed by atoms with Gasteiger partial charge in [0.1, 0.15) is 74.7 Å². The molecule has 8 aromatic rings. The van der Waals surface area contributed by atoms with Gasteiger partial charge in [-0.2, -0.15) is 15.0 Å². The number of nitrogens with zero attached hydrogens (tertiary/aromatic N) is 7. The van der Waals surface area contributed by atoms with Crippen LogP contribution in [0.3, 0.4) is 0 Å². The predicted octanol–water partition coefficient (Wildman–Crippen LogP) is -4.70. The van der Waals surface area contributed by atoms with E-state index in [4.69, 9.17) is 9.47 Å². The molecule has 77 heavy (non-hydrogen) atoms. The van der Waals surface area contributed by atoms with Gasteiger partial charge in [0, 0.05) is 38.6 Å². The Morgan fingerprint density at radius 3 is 1.08 bits per heavy atom. The molecule has 0 aliphatic heterocycles. The SMILES string of the molecule is COc1ccc(N=Nc2cc(S(=O)(=O)[O-])c3cc(Nc4nc(Nc5ccccc5)nc(Nc5ccc6c(O)c(N=Nc7ccc(OC)cc7S(=O)(=O)[O-])cc(S(=O)(=O)[O-])c6c5)n4)ccc3c2O)c(S(=O)(=O)[O-])c1.[Na+].[Na+].[Na+].[Na+]. The van der Waals surface area contributed by atoms with Crippen molar-refractivity contribution >= 4 is 120 Å². The Morgan fingerprint density at radius 1 is 0.403 bits per heavy atom. The van der Waals surface area contributed by atoms with Crippen molar-refractivity contribution in [3.63, 3.8) is 0 Å².